The Hall–Kier alpha value is -2.37. The minimum atomic E-state index is -1.31. The molecule has 0 aliphatic carbocycles. The number of imide groups is 1. The predicted molar refractivity (Wildman–Crippen MR) is 99.7 cm³/mol. The van der Waals surface area contributed by atoms with Crippen LogP contribution in [0.1, 0.15) is 24.0 Å². The Labute approximate surface area is 160 Å². The minimum absolute atomic E-state index is 0.0576. The van der Waals surface area contributed by atoms with Gasteiger partial charge >= 0.3 is 0 Å². The number of amides is 2. The third-order valence-electron chi connectivity index (χ3n) is 4.60. The van der Waals surface area contributed by atoms with Crippen LogP contribution in [0.25, 0.3) is 0 Å². The first kappa shape index (κ1) is 17.1. The molecule has 1 saturated heterocycles. The Kier molecular flexibility index (Phi) is 4.01. The summed E-state index contributed by atoms with van der Waals surface area (Å²) in [5.41, 5.74) is 1.44. The van der Waals surface area contributed by atoms with E-state index in [2.05, 4.69) is 5.16 Å². The maximum Gasteiger partial charge on any atom is 0.281 e. The molecule has 7 heteroatoms. The SMILES string of the molecule is Cc1ccc(N2C(=O)CC3(CC(c4ccc(Cl)cc4Cl)=NO3)C2=O)cc1. The van der Waals surface area contributed by atoms with E-state index in [1.807, 2.05) is 19.1 Å². The molecular weight excluding hydrogens is 375 g/mol. The number of hydrogen-bond acceptors (Lipinski definition) is 4. The fourth-order valence-electron chi connectivity index (χ4n) is 3.23. The molecule has 132 valence electrons. The number of oxime groups is 1. The van der Waals surface area contributed by atoms with Crippen molar-refractivity contribution in [2.45, 2.75) is 25.4 Å². The zero-order valence-corrected chi connectivity index (χ0v) is 15.3. The number of hydrogen-bond donors (Lipinski definition) is 0. The molecule has 2 aliphatic heterocycles. The van der Waals surface area contributed by atoms with Crippen molar-refractivity contribution in [1.82, 2.24) is 0 Å². The van der Waals surface area contributed by atoms with E-state index in [4.69, 9.17) is 28.0 Å². The highest BCUT2D eigenvalue weighted by atomic mass is 35.5. The summed E-state index contributed by atoms with van der Waals surface area (Å²) in [5, 5.41) is 4.97. The average molecular weight is 389 g/mol. The molecule has 0 aromatic heterocycles. The molecule has 2 aromatic carbocycles. The van der Waals surface area contributed by atoms with Crippen molar-refractivity contribution in [2.75, 3.05) is 4.90 Å². The molecule has 26 heavy (non-hydrogen) atoms. The Morgan fingerprint density at radius 2 is 1.81 bits per heavy atom. The van der Waals surface area contributed by atoms with E-state index < -0.39 is 11.5 Å². The number of carbonyl (C=O) groups excluding carboxylic acids is 2. The van der Waals surface area contributed by atoms with Crippen LogP contribution in [-0.2, 0) is 14.4 Å². The number of aryl methyl sites for hydroxylation is 1. The fraction of sp³-hybridized carbons (Fsp3) is 0.211. The third-order valence-corrected chi connectivity index (χ3v) is 5.14. The lowest BCUT2D eigenvalue weighted by atomic mass is 9.92. The average Bonchev–Trinajstić information content (AvgIpc) is 3.11. The second-order valence-electron chi connectivity index (χ2n) is 6.47. The minimum Gasteiger partial charge on any atom is -0.378 e. The van der Waals surface area contributed by atoms with Crippen molar-refractivity contribution in [3.63, 3.8) is 0 Å². The molecule has 0 N–H and O–H groups in total. The van der Waals surface area contributed by atoms with Crippen molar-refractivity contribution in [3.8, 4) is 0 Å². The number of rotatable bonds is 2. The number of anilines is 1. The van der Waals surface area contributed by atoms with Gasteiger partial charge in [0.1, 0.15) is 0 Å². The molecule has 2 aromatic rings. The second-order valence-corrected chi connectivity index (χ2v) is 7.31. The van der Waals surface area contributed by atoms with E-state index in [0.29, 0.717) is 27.0 Å². The molecule has 4 rings (SSSR count). The molecular formula is C19H14Cl2N2O3. The van der Waals surface area contributed by atoms with Crippen LogP contribution in [0.3, 0.4) is 0 Å². The highest BCUT2D eigenvalue weighted by Crippen LogP contribution is 2.40. The van der Waals surface area contributed by atoms with E-state index in [1.165, 1.54) is 4.90 Å². The monoisotopic (exact) mass is 388 g/mol. The van der Waals surface area contributed by atoms with Gasteiger partial charge in [0, 0.05) is 17.0 Å². The van der Waals surface area contributed by atoms with Crippen molar-refractivity contribution in [2.24, 2.45) is 5.16 Å². The van der Waals surface area contributed by atoms with Crippen LogP contribution in [-0.4, -0.2) is 23.1 Å². The molecule has 2 aliphatic rings. The van der Waals surface area contributed by atoms with E-state index in [0.717, 1.165) is 5.56 Å². The molecule has 0 bridgehead atoms. The summed E-state index contributed by atoms with van der Waals surface area (Å²) in [6, 6.07) is 12.2. The Balaban J connectivity index is 1.62. The lowest BCUT2D eigenvalue weighted by Gasteiger charge is -2.19. The first-order valence-corrected chi connectivity index (χ1v) is 8.80. The Bertz CT molecular complexity index is 956. The molecule has 1 fully saturated rings. The molecule has 1 spiro atoms. The largest absolute Gasteiger partial charge is 0.378 e. The van der Waals surface area contributed by atoms with Gasteiger partial charge in [-0.1, -0.05) is 52.1 Å². The van der Waals surface area contributed by atoms with E-state index in [-0.39, 0.29) is 18.7 Å². The highest BCUT2D eigenvalue weighted by Gasteiger charge is 2.58. The fourth-order valence-corrected chi connectivity index (χ4v) is 3.74. The number of carbonyl (C=O) groups is 2. The zero-order valence-electron chi connectivity index (χ0n) is 13.8. The summed E-state index contributed by atoms with van der Waals surface area (Å²) in [7, 11) is 0. The van der Waals surface area contributed by atoms with Crippen molar-refractivity contribution in [1.29, 1.82) is 0 Å². The number of halogens is 2. The quantitative estimate of drug-likeness (QED) is 0.726. The number of nitrogens with zero attached hydrogens (tertiary/aromatic N) is 2. The van der Waals surface area contributed by atoms with Crippen molar-refractivity contribution < 1.29 is 14.4 Å². The number of benzene rings is 2. The van der Waals surface area contributed by atoms with Crippen molar-refractivity contribution >= 4 is 46.4 Å². The van der Waals surface area contributed by atoms with Gasteiger partial charge in [-0.25, -0.2) is 4.90 Å². The first-order valence-electron chi connectivity index (χ1n) is 8.04. The van der Waals surface area contributed by atoms with E-state index in [1.54, 1.807) is 30.3 Å². The van der Waals surface area contributed by atoms with Gasteiger partial charge in [-0.15, -0.1) is 0 Å². The van der Waals surface area contributed by atoms with Crippen LogP contribution in [0.4, 0.5) is 5.69 Å². The highest BCUT2D eigenvalue weighted by molar-refractivity contribution is 6.37. The van der Waals surface area contributed by atoms with Gasteiger partial charge in [0.25, 0.3) is 5.91 Å². The van der Waals surface area contributed by atoms with Crippen molar-refractivity contribution in [3.05, 3.63) is 63.6 Å². The molecule has 1 atom stereocenters. The topological polar surface area (TPSA) is 59.0 Å². The maximum absolute atomic E-state index is 13.0. The van der Waals surface area contributed by atoms with Gasteiger partial charge in [-0.2, -0.15) is 0 Å². The summed E-state index contributed by atoms with van der Waals surface area (Å²) in [4.78, 5) is 32.2. The first-order chi connectivity index (χ1) is 12.4. The van der Waals surface area contributed by atoms with Crippen LogP contribution < -0.4 is 4.90 Å². The van der Waals surface area contributed by atoms with Crippen LogP contribution >= 0.6 is 23.2 Å². The molecule has 1 unspecified atom stereocenters. The van der Waals surface area contributed by atoms with Gasteiger partial charge in [0.05, 0.1) is 22.8 Å². The van der Waals surface area contributed by atoms with Gasteiger partial charge in [-0.05, 0) is 31.2 Å². The zero-order chi connectivity index (χ0) is 18.5. The summed E-state index contributed by atoms with van der Waals surface area (Å²) >= 11 is 12.1. The lowest BCUT2D eigenvalue weighted by Crippen LogP contribution is -2.40. The predicted octanol–water partition coefficient (Wildman–Crippen LogP) is 4.13. The van der Waals surface area contributed by atoms with Gasteiger partial charge in [0.2, 0.25) is 11.5 Å². The third kappa shape index (κ3) is 2.68. The van der Waals surface area contributed by atoms with Gasteiger partial charge in [0.15, 0.2) is 0 Å². The summed E-state index contributed by atoms with van der Waals surface area (Å²) < 4.78 is 0. The Morgan fingerprint density at radius 1 is 1.08 bits per heavy atom. The van der Waals surface area contributed by atoms with Crippen LogP contribution in [0.2, 0.25) is 10.0 Å². The second kappa shape index (κ2) is 6.11. The molecule has 2 amide bonds. The van der Waals surface area contributed by atoms with E-state index in [9.17, 15) is 9.59 Å². The van der Waals surface area contributed by atoms with Crippen LogP contribution in [0.15, 0.2) is 47.6 Å². The maximum atomic E-state index is 13.0. The molecule has 2 heterocycles. The molecule has 0 saturated carbocycles. The standard InChI is InChI=1S/C19H14Cl2N2O3/c1-11-2-5-13(6-3-11)23-17(24)10-19(18(23)25)9-16(22-26-19)14-7-4-12(20)8-15(14)21/h2-8H,9-10H2,1H3. The van der Waals surface area contributed by atoms with E-state index >= 15 is 0 Å². The summed E-state index contributed by atoms with van der Waals surface area (Å²) in [6.07, 6.45) is 0.124. The van der Waals surface area contributed by atoms with Gasteiger partial charge in [-0.3, -0.25) is 9.59 Å². The Morgan fingerprint density at radius 3 is 2.50 bits per heavy atom. The summed E-state index contributed by atoms with van der Waals surface area (Å²) in [5.74, 6) is -0.715. The molecule has 0 radical (unpaired) electrons. The van der Waals surface area contributed by atoms with Crippen LogP contribution in [0, 0.1) is 6.92 Å². The smallest absolute Gasteiger partial charge is 0.281 e. The van der Waals surface area contributed by atoms with Crippen LogP contribution in [0.5, 0.6) is 0 Å². The van der Waals surface area contributed by atoms with Gasteiger partial charge < -0.3 is 4.84 Å². The summed E-state index contributed by atoms with van der Waals surface area (Å²) in [6.45, 7) is 1.94. The molecule has 5 nitrogen and oxygen atoms in total. The normalized spacial score (nSPS) is 22.1. The lowest BCUT2D eigenvalue weighted by molar-refractivity contribution is -0.136.